The summed E-state index contributed by atoms with van der Waals surface area (Å²) in [6.07, 6.45) is 1.51. The largest absolute Gasteiger partial charge is 0.356 e. The van der Waals surface area contributed by atoms with Crippen molar-refractivity contribution in [3.8, 4) is 0 Å². The molecule has 0 unspecified atom stereocenters. The highest BCUT2D eigenvalue weighted by Crippen LogP contribution is 2.21. The van der Waals surface area contributed by atoms with Crippen molar-refractivity contribution in [3.05, 3.63) is 59.8 Å². The van der Waals surface area contributed by atoms with Crippen molar-refractivity contribution in [1.82, 2.24) is 14.8 Å². The maximum absolute atomic E-state index is 13.2. The Hall–Kier alpha value is -2.36. The van der Waals surface area contributed by atoms with Crippen LogP contribution < -0.4 is 4.72 Å². The van der Waals surface area contributed by atoms with Gasteiger partial charge in [-0.25, -0.2) is 21.9 Å². The standard InChI is InChI=1S/C19H19F2N3O3S/c20-13-3-1-4-16(9-13)28(25,26)23-15-11-24(12-15)8-2-5-18-17-7-6-14(21)10-19(17)27-22-18/h1,3-4,6-7,9-10,15,23H,2,5,8,11-12H2. The number of aryl methyl sites for hydroxylation is 1. The second-order valence-corrected chi connectivity index (χ2v) is 8.62. The molecule has 0 spiro atoms. The molecule has 1 aliphatic rings. The quantitative estimate of drug-likeness (QED) is 0.652. The van der Waals surface area contributed by atoms with Crippen LogP contribution in [-0.4, -0.2) is 44.2 Å². The number of rotatable bonds is 7. The van der Waals surface area contributed by atoms with Gasteiger partial charge in [0.15, 0.2) is 5.58 Å². The molecule has 28 heavy (non-hydrogen) atoms. The molecule has 148 valence electrons. The van der Waals surface area contributed by atoms with E-state index in [1.807, 2.05) is 0 Å². The van der Waals surface area contributed by atoms with Gasteiger partial charge in [0.1, 0.15) is 11.6 Å². The minimum absolute atomic E-state index is 0.0692. The van der Waals surface area contributed by atoms with E-state index in [0.717, 1.165) is 30.1 Å². The van der Waals surface area contributed by atoms with E-state index in [-0.39, 0.29) is 16.8 Å². The van der Waals surface area contributed by atoms with Crippen molar-refractivity contribution >= 4 is 21.0 Å². The third-order valence-electron chi connectivity index (χ3n) is 4.78. The molecule has 0 saturated carbocycles. The first kappa shape index (κ1) is 19.0. The van der Waals surface area contributed by atoms with Gasteiger partial charge in [0.25, 0.3) is 0 Å². The van der Waals surface area contributed by atoms with Gasteiger partial charge in [-0.05, 0) is 49.7 Å². The summed E-state index contributed by atoms with van der Waals surface area (Å²) in [7, 11) is -3.72. The lowest BCUT2D eigenvalue weighted by atomic mass is 10.1. The monoisotopic (exact) mass is 407 g/mol. The molecule has 1 saturated heterocycles. The summed E-state index contributed by atoms with van der Waals surface area (Å²) in [5.74, 6) is -0.941. The second kappa shape index (κ2) is 7.57. The Morgan fingerprint density at radius 1 is 1.14 bits per heavy atom. The Bertz CT molecular complexity index is 1090. The van der Waals surface area contributed by atoms with Gasteiger partial charge in [-0.2, -0.15) is 0 Å². The van der Waals surface area contributed by atoms with Crippen molar-refractivity contribution in [2.24, 2.45) is 0 Å². The number of sulfonamides is 1. The summed E-state index contributed by atoms with van der Waals surface area (Å²) in [5.41, 5.74) is 1.23. The predicted octanol–water partition coefficient (Wildman–Crippen LogP) is 2.70. The molecule has 0 bridgehead atoms. The van der Waals surface area contributed by atoms with Crippen LogP contribution in [0.4, 0.5) is 8.78 Å². The first-order chi connectivity index (χ1) is 13.4. The molecule has 2 heterocycles. The van der Waals surface area contributed by atoms with Crippen LogP contribution in [-0.2, 0) is 16.4 Å². The summed E-state index contributed by atoms with van der Waals surface area (Å²) in [4.78, 5) is 2.06. The van der Waals surface area contributed by atoms with E-state index < -0.39 is 15.8 Å². The Morgan fingerprint density at radius 2 is 1.93 bits per heavy atom. The highest BCUT2D eigenvalue weighted by atomic mass is 32.2. The van der Waals surface area contributed by atoms with Gasteiger partial charge in [-0.15, -0.1) is 0 Å². The average Bonchev–Trinajstić information content (AvgIpc) is 3.01. The van der Waals surface area contributed by atoms with E-state index in [0.29, 0.717) is 25.1 Å². The Morgan fingerprint density at radius 3 is 2.71 bits per heavy atom. The molecule has 3 aromatic rings. The predicted molar refractivity (Wildman–Crippen MR) is 99.2 cm³/mol. The summed E-state index contributed by atoms with van der Waals surface area (Å²) in [6, 6.07) is 9.13. The van der Waals surface area contributed by atoms with Crippen LogP contribution in [0.3, 0.4) is 0 Å². The van der Waals surface area contributed by atoms with E-state index >= 15 is 0 Å². The van der Waals surface area contributed by atoms with E-state index in [2.05, 4.69) is 14.8 Å². The maximum atomic E-state index is 13.2. The van der Waals surface area contributed by atoms with Crippen LogP contribution in [0.15, 0.2) is 51.9 Å². The van der Waals surface area contributed by atoms with Crippen LogP contribution in [0.2, 0.25) is 0 Å². The van der Waals surface area contributed by atoms with Crippen molar-refractivity contribution in [2.75, 3.05) is 19.6 Å². The normalized spacial score (nSPS) is 15.8. The molecular formula is C19H19F2N3O3S. The molecule has 0 amide bonds. The van der Waals surface area contributed by atoms with Crippen LogP contribution >= 0.6 is 0 Å². The number of hydrogen-bond donors (Lipinski definition) is 1. The minimum atomic E-state index is -3.72. The summed E-state index contributed by atoms with van der Waals surface area (Å²) in [6.45, 7) is 1.98. The lowest BCUT2D eigenvalue weighted by Crippen LogP contribution is -2.59. The lowest BCUT2D eigenvalue weighted by Gasteiger charge is -2.39. The number of halogens is 2. The summed E-state index contributed by atoms with van der Waals surface area (Å²) < 4.78 is 58.7. The minimum Gasteiger partial charge on any atom is -0.356 e. The number of benzene rings is 2. The third kappa shape index (κ3) is 4.06. The molecule has 4 rings (SSSR count). The zero-order chi connectivity index (χ0) is 19.7. The van der Waals surface area contributed by atoms with E-state index in [1.54, 1.807) is 6.07 Å². The van der Waals surface area contributed by atoms with Gasteiger partial charge in [-0.3, -0.25) is 0 Å². The van der Waals surface area contributed by atoms with Crippen LogP contribution in [0, 0.1) is 11.6 Å². The smallest absolute Gasteiger partial charge is 0.241 e. The van der Waals surface area contributed by atoms with E-state index in [9.17, 15) is 17.2 Å². The highest BCUT2D eigenvalue weighted by Gasteiger charge is 2.30. The van der Waals surface area contributed by atoms with Gasteiger partial charge < -0.3 is 9.42 Å². The van der Waals surface area contributed by atoms with Crippen LogP contribution in [0.5, 0.6) is 0 Å². The van der Waals surface area contributed by atoms with Crippen molar-refractivity contribution in [2.45, 2.75) is 23.8 Å². The van der Waals surface area contributed by atoms with Gasteiger partial charge in [-0.1, -0.05) is 11.2 Å². The number of hydrogen-bond acceptors (Lipinski definition) is 5. The first-order valence-corrected chi connectivity index (χ1v) is 10.4. The molecule has 1 fully saturated rings. The average molecular weight is 407 g/mol. The number of nitrogens with zero attached hydrogens (tertiary/aromatic N) is 2. The fourth-order valence-corrected chi connectivity index (χ4v) is 4.61. The van der Waals surface area contributed by atoms with Gasteiger partial charge >= 0.3 is 0 Å². The first-order valence-electron chi connectivity index (χ1n) is 8.95. The molecule has 9 heteroatoms. The fraction of sp³-hybridized carbons (Fsp3) is 0.316. The molecule has 0 atom stereocenters. The topological polar surface area (TPSA) is 75.4 Å². The zero-order valence-corrected chi connectivity index (χ0v) is 15.8. The Kier molecular flexibility index (Phi) is 5.13. The molecule has 2 aromatic carbocycles. The summed E-state index contributed by atoms with van der Waals surface area (Å²) >= 11 is 0. The molecule has 1 aliphatic heterocycles. The van der Waals surface area contributed by atoms with Crippen molar-refractivity contribution in [3.63, 3.8) is 0 Å². The molecule has 1 N–H and O–H groups in total. The molecule has 0 aliphatic carbocycles. The van der Waals surface area contributed by atoms with Crippen molar-refractivity contribution in [1.29, 1.82) is 0 Å². The van der Waals surface area contributed by atoms with E-state index in [4.69, 9.17) is 4.52 Å². The van der Waals surface area contributed by atoms with Crippen LogP contribution in [0.25, 0.3) is 11.0 Å². The second-order valence-electron chi connectivity index (χ2n) is 6.91. The molecule has 0 radical (unpaired) electrons. The third-order valence-corrected chi connectivity index (χ3v) is 6.30. The van der Waals surface area contributed by atoms with Gasteiger partial charge in [0.2, 0.25) is 10.0 Å². The maximum Gasteiger partial charge on any atom is 0.241 e. The van der Waals surface area contributed by atoms with Gasteiger partial charge in [0.05, 0.1) is 10.6 Å². The Labute approximate surface area is 161 Å². The van der Waals surface area contributed by atoms with Gasteiger partial charge in [0, 0.05) is 30.6 Å². The Balaban J connectivity index is 1.25. The molecule has 1 aromatic heterocycles. The number of aromatic nitrogens is 1. The number of fused-ring (bicyclic) bond motifs is 1. The zero-order valence-electron chi connectivity index (χ0n) is 14.9. The fourth-order valence-electron chi connectivity index (χ4n) is 3.36. The molecular weight excluding hydrogens is 388 g/mol. The lowest BCUT2D eigenvalue weighted by molar-refractivity contribution is 0.139. The SMILES string of the molecule is O=S(=O)(NC1CN(CCCc2noc3cc(F)ccc23)C1)c1cccc(F)c1. The number of nitrogens with one attached hydrogen (secondary N) is 1. The highest BCUT2D eigenvalue weighted by molar-refractivity contribution is 7.89. The summed E-state index contributed by atoms with van der Waals surface area (Å²) in [5, 5.41) is 4.81. The van der Waals surface area contributed by atoms with Crippen molar-refractivity contribution < 1.29 is 21.7 Å². The molecule has 6 nitrogen and oxygen atoms in total. The number of likely N-dealkylation sites (tertiary alicyclic amines) is 1. The van der Waals surface area contributed by atoms with Crippen LogP contribution in [0.1, 0.15) is 12.1 Å². The van der Waals surface area contributed by atoms with E-state index in [1.165, 1.54) is 30.3 Å².